The molecule has 0 radical (unpaired) electrons. The number of nitrogens with one attached hydrogen (secondary N) is 2. The fourth-order valence-corrected chi connectivity index (χ4v) is 12.7. The maximum atomic E-state index is 14.7. The Kier molecular flexibility index (Phi) is 13.0. The second-order valence-electron chi connectivity index (χ2n) is 16.0. The van der Waals surface area contributed by atoms with Gasteiger partial charge in [0.25, 0.3) is 17.4 Å². The number of amides is 2. The van der Waals surface area contributed by atoms with Crippen LogP contribution < -0.4 is 16.2 Å². The lowest BCUT2D eigenvalue weighted by atomic mass is 9.77. The summed E-state index contributed by atoms with van der Waals surface area (Å²) in [5.41, 5.74) is 4.04. The zero-order valence-corrected chi connectivity index (χ0v) is 39.8. The van der Waals surface area contributed by atoms with Crippen molar-refractivity contribution in [3.8, 4) is 0 Å². The number of β-lactam (4-membered cyclic amide) rings is 1. The fourth-order valence-electron chi connectivity index (χ4n) is 8.44. The van der Waals surface area contributed by atoms with Gasteiger partial charge in [-0.3, -0.25) is 19.3 Å². The minimum absolute atomic E-state index is 0.0656. The number of oxime groups is 1. The summed E-state index contributed by atoms with van der Waals surface area (Å²) in [5, 5.41) is 26.0. The molecule has 2 aliphatic rings. The molecule has 0 spiro atoms. The van der Waals surface area contributed by atoms with Gasteiger partial charge in [-0.2, -0.15) is 4.52 Å². The highest BCUT2D eigenvalue weighted by Crippen LogP contribution is 2.44. The van der Waals surface area contributed by atoms with Crippen LogP contribution >= 0.6 is 46.2 Å². The van der Waals surface area contributed by atoms with E-state index in [1.54, 1.807) is 12.3 Å². The Morgan fingerprint density at radius 3 is 1.97 bits per heavy atom. The number of benzene rings is 5. The molecular weight excluding hydrogens is 949 g/mol. The van der Waals surface area contributed by atoms with Crippen molar-refractivity contribution in [2.45, 2.75) is 34.3 Å². The van der Waals surface area contributed by atoms with Crippen LogP contribution in [0, 0.1) is 6.92 Å². The first-order valence-corrected chi connectivity index (χ1v) is 25.4. The van der Waals surface area contributed by atoms with E-state index in [1.165, 1.54) is 61.7 Å². The van der Waals surface area contributed by atoms with E-state index in [1.807, 2.05) is 152 Å². The number of anilines is 1. The van der Waals surface area contributed by atoms with Crippen LogP contribution in [0.2, 0.25) is 0 Å². The van der Waals surface area contributed by atoms with Crippen molar-refractivity contribution in [1.82, 2.24) is 29.8 Å². The minimum Gasteiger partial charge on any atom is -0.448 e. The number of esters is 1. The second kappa shape index (κ2) is 19.7. The SMILES string of the molecule is Cc1cc(=O)n2nc(SCC3=C(C(=O)OC(c4ccccc4)c4ccccc4)N4C(=O)[C@@H](NC(=O)/C(=N\O)c5csc(NC(c6ccccc6)(c6ccccc6)c6ccccc6)n5)[C@H]4SC3)sc2n1. The molecule has 2 amide bonds. The molecule has 3 aromatic heterocycles. The molecule has 344 valence electrons. The summed E-state index contributed by atoms with van der Waals surface area (Å²) in [6.07, 6.45) is -0.800. The molecule has 2 atom stereocenters. The standard InChI is InChI=1S/C51H40N8O6S4/c1-31-27-39(60)59-49(52-31)69-50(56-59)68-29-34-28-66-46-41(45(62)58(46)42(34)47(63)65-43(32-17-7-2-8-18-32)33-19-9-3-10-20-33)54-44(61)40(57-64)38-30-67-48(53-38)55-51(35-21-11-4-12-22-35,36-23-13-5-14-24-36)37-25-15-6-16-26-37/h2-27,30,41,43,46,64H,28-29H2,1H3,(H,53,55)(H,54,61)/b57-40-/t41-,46-/m1/s1. The average Bonchev–Trinajstić information content (AvgIpc) is 4.04. The van der Waals surface area contributed by atoms with Crippen molar-refractivity contribution in [2.75, 3.05) is 16.8 Å². The maximum Gasteiger partial charge on any atom is 0.356 e. The van der Waals surface area contributed by atoms with Crippen LogP contribution in [0.25, 0.3) is 4.96 Å². The predicted octanol–water partition coefficient (Wildman–Crippen LogP) is 8.28. The van der Waals surface area contributed by atoms with Crippen molar-refractivity contribution < 1.29 is 24.3 Å². The Morgan fingerprint density at radius 2 is 1.41 bits per heavy atom. The van der Waals surface area contributed by atoms with E-state index in [0.717, 1.165) is 27.8 Å². The van der Waals surface area contributed by atoms with Crippen molar-refractivity contribution in [1.29, 1.82) is 0 Å². The monoisotopic (exact) mass is 988 g/mol. The van der Waals surface area contributed by atoms with E-state index in [0.29, 0.717) is 31.5 Å². The second-order valence-corrected chi connectivity index (χ2v) is 20.1. The number of nitrogens with zero attached hydrogens (tertiary/aromatic N) is 6. The number of aryl methyl sites for hydroxylation is 1. The Bertz CT molecular complexity index is 3160. The third-order valence-electron chi connectivity index (χ3n) is 11.7. The van der Waals surface area contributed by atoms with Crippen molar-refractivity contribution in [3.05, 3.63) is 224 Å². The van der Waals surface area contributed by atoms with Gasteiger partial charge in [-0.1, -0.05) is 180 Å². The lowest BCUT2D eigenvalue weighted by Gasteiger charge is -2.49. The van der Waals surface area contributed by atoms with Crippen LogP contribution in [0.3, 0.4) is 0 Å². The van der Waals surface area contributed by atoms with Gasteiger partial charge in [-0.25, -0.2) is 14.8 Å². The van der Waals surface area contributed by atoms with Gasteiger partial charge in [-0.05, 0) is 40.3 Å². The minimum atomic E-state index is -1.08. The molecule has 10 rings (SSSR count). The van der Waals surface area contributed by atoms with E-state index >= 15 is 0 Å². The first-order chi connectivity index (χ1) is 33.7. The molecule has 1 saturated heterocycles. The Hall–Kier alpha value is -7.38. The molecular formula is C51H40N8O6S4. The molecule has 14 nitrogen and oxygen atoms in total. The van der Waals surface area contributed by atoms with Crippen LogP contribution in [0.4, 0.5) is 5.13 Å². The summed E-state index contributed by atoms with van der Waals surface area (Å²) in [7, 11) is 0. The van der Waals surface area contributed by atoms with Gasteiger partial charge in [0, 0.05) is 28.6 Å². The molecule has 0 unspecified atom stereocenters. The fraction of sp³-hybridized carbons (Fsp3) is 0.137. The lowest BCUT2D eigenvalue weighted by Crippen LogP contribution is -2.71. The molecule has 3 N–H and O–H groups in total. The van der Waals surface area contributed by atoms with Crippen molar-refractivity contribution in [3.63, 3.8) is 0 Å². The number of carbonyl (C=O) groups excluding carboxylic acids is 3. The predicted molar refractivity (Wildman–Crippen MR) is 269 cm³/mol. The van der Waals surface area contributed by atoms with Gasteiger partial charge in [0.2, 0.25) is 4.96 Å². The Labute approximate surface area is 411 Å². The number of hydrogen-bond donors (Lipinski definition) is 3. The van der Waals surface area contributed by atoms with Crippen LogP contribution in [0.15, 0.2) is 189 Å². The smallest absolute Gasteiger partial charge is 0.356 e. The molecule has 0 aliphatic carbocycles. The number of hydrogen-bond acceptors (Lipinski definition) is 15. The molecule has 2 aliphatic heterocycles. The van der Waals surface area contributed by atoms with E-state index < -0.39 is 46.6 Å². The van der Waals surface area contributed by atoms with E-state index in [-0.39, 0.29) is 22.7 Å². The quantitative estimate of drug-likeness (QED) is 0.0171. The van der Waals surface area contributed by atoms with Gasteiger partial charge in [0.1, 0.15) is 28.3 Å². The molecule has 0 saturated carbocycles. The van der Waals surface area contributed by atoms with Gasteiger partial charge in [-0.15, -0.1) is 28.2 Å². The summed E-state index contributed by atoms with van der Waals surface area (Å²) in [6.45, 7) is 1.74. The summed E-state index contributed by atoms with van der Waals surface area (Å²) in [4.78, 5) is 66.8. The van der Waals surface area contributed by atoms with Crippen LogP contribution in [0.1, 0.15) is 45.3 Å². The molecule has 18 heteroatoms. The first-order valence-electron chi connectivity index (χ1n) is 21.6. The summed E-state index contributed by atoms with van der Waals surface area (Å²) < 4.78 is 8.13. The van der Waals surface area contributed by atoms with Crippen molar-refractivity contribution >= 4 is 79.8 Å². The van der Waals surface area contributed by atoms with Gasteiger partial charge in [0.05, 0.1) is 0 Å². The topological polar surface area (TPSA) is 180 Å². The molecule has 8 aromatic rings. The molecule has 5 heterocycles. The van der Waals surface area contributed by atoms with Crippen molar-refractivity contribution in [2.24, 2.45) is 5.16 Å². The summed E-state index contributed by atoms with van der Waals surface area (Å²) >= 11 is 5.16. The highest BCUT2D eigenvalue weighted by molar-refractivity contribution is 8.02. The van der Waals surface area contributed by atoms with Crippen LogP contribution in [0.5, 0.6) is 0 Å². The Morgan fingerprint density at radius 1 is 0.841 bits per heavy atom. The molecule has 69 heavy (non-hydrogen) atoms. The van der Waals surface area contributed by atoms with Crippen LogP contribution in [-0.2, 0) is 24.7 Å². The van der Waals surface area contributed by atoms with Gasteiger partial charge < -0.3 is 20.6 Å². The number of carbonyl (C=O) groups is 3. The number of thiazole rings is 1. The third kappa shape index (κ3) is 8.94. The number of ether oxygens (including phenoxy) is 1. The van der Waals surface area contributed by atoms with Gasteiger partial charge in [0.15, 0.2) is 21.3 Å². The van der Waals surface area contributed by atoms with E-state index in [4.69, 9.17) is 9.72 Å². The molecule has 1 fully saturated rings. The zero-order valence-electron chi connectivity index (χ0n) is 36.5. The van der Waals surface area contributed by atoms with E-state index in [2.05, 4.69) is 25.9 Å². The number of thioether (sulfide) groups is 2. The molecule has 5 aromatic carbocycles. The number of rotatable bonds is 15. The Balaban J connectivity index is 0.919. The lowest BCUT2D eigenvalue weighted by molar-refractivity contribution is -0.154. The average molecular weight is 989 g/mol. The normalized spacial score (nSPS) is 16.0. The zero-order chi connectivity index (χ0) is 47.5. The van der Waals surface area contributed by atoms with Gasteiger partial charge >= 0.3 is 5.97 Å². The third-order valence-corrected chi connectivity index (χ3v) is 15.9. The highest BCUT2D eigenvalue weighted by atomic mass is 32.2. The summed E-state index contributed by atoms with van der Waals surface area (Å²) in [6, 6.07) is 48.9. The number of fused-ring (bicyclic) bond motifs is 2. The number of aromatic nitrogens is 4. The maximum absolute atomic E-state index is 14.7. The molecule has 0 bridgehead atoms. The first kappa shape index (κ1) is 45.4. The highest BCUT2D eigenvalue weighted by Gasteiger charge is 2.55. The van der Waals surface area contributed by atoms with Crippen LogP contribution in [-0.4, -0.2) is 76.1 Å². The largest absolute Gasteiger partial charge is 0.448 e. The summed E-state index contributed by atoms with van der Waals surface area (Å²) in [5.74, 6) is -1.56. The van der Waals surface area contributed by atoms with E-state index in [9.17, 15) is 24.4 Å².